The van der Waals surface area contributed by atoms with Crippen LogP contribution in [0.5, 0.6) is 17.2 Å². The Morgan fingerprint density at radius 1 is 1.17 bits per heavy atom. The van der Waals surface area contributed by atoms with Crippen LogP contribution in [0.3, 0.4) is 0 Å². The van der Waals surface area contributed by atoms with Crippen LogP contribution in [0.25, 0.3) is 11.0 Å². The lowest BCUT2D eigenvalue weighted by molar-refractivity contribution is 0.449. The number of benzene rings is 2. The maximum Gasteiger partial charge on any atom is 0.196 e. The number of rotatable bonds is 2. The number of aromatic hydroxyl groups is 3. The van der Waals surface area contributed by atoms with Gasteiger partial charge in [-0.15, -0.1) is 0 Å². The molecule has 0 aliphatic heterocycles. The van der Waals surface area contributed by atoms with Crippen LogP contribution in [0, 0.1) is 6.92 Å². The molecule has 0 bridgehead atoms. The van der Waals surface area contributed by atoms with E-state index in [2.05, 4.69) is 4.99 Å². The molecule has 7 heteroatoms. The minimum atomic E-state index is -0.455. The van der Waals surface area contributed by atoms with Crippen LogP contribution in [0.2, 0.25) is 5.02 Å². The van der Waals surface area contributed by atoms with E-state index < -0.39 is 11.2 Å². The molecule has 0 spiro atoms. The number of phenols is 3. The van der Waals surface area contributed by atoms with E-state index in [1.54, 1.807) is 13.0 Å². The van der Waals surface area contributed by atoms with E-state index in [1.807, 2.05) is 0 Å². The highest BCUT2D eigenvalue weighted by atomic mass is 35.5. The van der Waals surface area contributed by atoms with E-state index >= 15 is 0 Å². The van der Waals surface area contributed by atoms with Crippen molar-refractivity contribution in [1.82, 2.24) is 0 Å². The van der Waals surface area contributed by atoms with Crippen molar-refractivity contribution in [2.45, 2.75) is 6.92 Å². The fraction of sp³-hybridized carbons (Fsp3) is 0.0588. The van der Waals surface area contributed by atoms with Gasteiger partial charge in [-0.3, -0.25) is 9.79 Å². The molecule has 2 aromatic carbocycles. The molecular weight excluding hydrogens is 334 g/mol. The minimum Gasteiger partial charge on any atom is -0.507 e. The normalized spacial score (nSPS) is 11.4. The van der Waals surface area contributed by atoms with Crippen molar-refractivity contribution in [3.63, 3.8) is 0 Å². The first kappa shape index (κ1) is 15.9. The zero-order valence-corrected chi connectivity index (χ0v) is 13.2. The Morgan fingerprint density at radius 3 is 2.67 bits per heavy atom. The molecular formula is C17H12ClNO5. The summed E-state index contributed by atoms with van der Waals surface area (Å²) >= 11 is 5.80. The van der Waals surface area contributed by atoms with Gasteiger partial charge >= 0.3 is 0 Å². The third kappa shape index (κ3) is 2.68. The number of hydrogen-bond acceptors (Lipinski definition) is 6. The number of fused-ring (bicyclic) bond motifs is 1. The minimum absolute atomic E-state index is 0.0600. The lowest BCUT2D eigenvalue weighted by Crippen LogP contribution is -2.02. The Morgan fingerprint density at radius 2 is 1.92 bits per heavy atom. The molecule has 0 radical (unpaired) electrons. The van der Waals surface area contributed by atoms with Gasteiger partial charge in [0.15, 0.2) is 11.2 Å². The van der Waals surface area contributed by atoms with Gasteiger partial charge in [0.1, 0.15) is 33.9 Å². The summed E-state index contributed by atoms with van der Waals surface area (Å²) in [6.45, 7) is 1.59. The van der Waals surface area contributed by atoms with Crippen LogP contribution in [0.1, 0.15) is 11.3 Å². The van der Waals surface area contributed by atoms with Gasteiger partial charge in [0.25, 0.3) is 0 Å². The van der Waals surface area contributed by atoms with Crippen molar-refractivity contribution in [2.24, 2.45) is 4.99 Å². The molecule has 3 rings (SSSR count). The van der Waals surface area contributed by atoms with Gasteiger partial charge < -0.3 is 19.7 Å². The zero-order chi connectivity index (χ0) is 17.4. The summed E-state index contributed by atoms with van der Waals surface area (Å²) in [7, 11) is 0. The molecule has 0 fully saturated rings. The van der Waals surface area contributed by atoms with Crippen LogP contribution in [-0.4, -0.2) is 21.5 Å². The number of para-hydroxylation sites is 1. The molecule has 6 nitrogen and oxygen atoms in total. The monoisotopic (exact) mass is 345 g/mol. The van der Waals surface area contributed by atoms with Crippen molar-refractivity contribution < 1.29 is 19.7 Å². The quantitative estimate of drug-likeness (QED) is 0.615. The van der Waals surface area contributed by atoms with Crippen molar-refractivity contribution in [1.29, 1.82) is 0 Å². The first-order valence-electron chi connectivity index (χ1n) is 6.89. The lowest BCUT2D eigenvalue weighted by Gasteiger charge is -2.07. The van der Waals surface area contributed by atoms with Crippen LogP contribution >= 0.6 is 11.6 Å². The molecule has 0 amide bonds. The Balaban J connectivity index is 2.18. The molecule has 0 aliphatic rings. The average molecular weight is 346 g/mol. The molecule has 0 saturated carbocycles. The number of nitrogens with zero attached hydrogens (tertiary/aromatic N) is 1. The second kappa shape index (κ2) is 5.90. The van der Waals surface area contributed by atoms with Crippen LogP contribution in [0.15, 0.2) is 44.5 Å². The van der Waals surface area contributed by atoms with E-state index in [0.29, 0.717) is 5.76 Å². The fourth-order valence-electron chi connectivity index (χ4n) is 2.29. The van der Waals surface area contributed by atoms with E-state index in [-0.39, 0.29) is 38.7 Å². The van der Waals surface area contributed by atoms with Crippen LogP contribution in [0.4, 0.5) is 5.69 Å². The lowest BCUT2D eigenvalue weighted by atomic mass is 10.1. The predicted molar refractivity (Wildman–Crippen MR) is 90.9 cm³/mol. The SMILES string of the molecule is Cc1cc(=O)c2c(O)c(C=Nc3cccc(Cl)c3O)c(O)cc2o1. The summed E-state index contributed by atoms with van der Waals surface area (Å²) in [4.78, 5) is 16.1. The third-order valence-corrected chi connectivity index (χ3v) is 3.74. The van der Waals surface area contributed by atoms with Gasteiger partial charge in [-0.25, -0.2) is 0 Å². The first-order valence-corrected chi connectivity index (χ1v) is 7.27. The number of halogens is 1. The van der Waals surface area contributed by atoms with Crippen LogP contribution < -0.4 is 5.43 Å². The van der Waals surface area contributed by atoms with Gasteiger partial charge in [0.2, 0.25) is 0 Å². The van der Waals surface area contributed by atoms with E-state index in [1.165, 1.54) is 24.3 Å². The van der Waals surface area contributed by atoms with E-state index in [9.17, 15) is 20.1 Å². The third-order valence-electron chi connectivity index (χ3n) is 3.43. The van der Waals surface area contributed by atoms with Gasteiger partial charge in [0.05, 0.1) is 10.6 Å². The van der Waals surface area contributed by atoms with Crippen LogP contribution in [-0.2, 0) is 0 Å². The van der Waals surface area contributed by atoms with Crippen molar-refractivity contribution in [2.75, 3.05) is 0 Å². The standard InChI is InChI=1S/C17H12ClNO5/c1-8-5-13(21)15-14(24-8)6-12(20)9(16(15)22)7-19-11-4-2-3-10(18)17(11)23/h2-7,20,22-23H,1H3. The Kier molecular flexibility index (Phi) is 3.91. The second-order valence-corrected chi connectivity index (χ2v) is 5.53. The number of aliphatic imine (C=N–C) groups is 1. The molecule has 3 aromatic rings. The Hall–Kier alpha value is -2.99. The first-order chi connectivity index (χ1) is 11.4. The second-order valence-electron chi connectivity index (χ2n) is 5.12. The summed E-state index contributed by atoms with van der Waals surface area (Å²) in [6, 6.07) is 7.05. The molecule has 122 valence electrons. The summed E-state index contributed by atoms with van der Waals surface area (Å²) in [5, 5.41) is 30.3. The summed E-state index contributed by atoms with van der Waals surface area (Å²) in [5.74, 6) is -0.648. The summed E-state index contributed by atoms with van der Waals surface area (Å²) < 4.78 is 5.33. The molecule has 0 saturated heterocycles. The molecule has 3 N–H and O–H groups in total. The largest absolute Gasteiger partial charge is 0.507 e. The maximum absolute atomic E-state index is 12.1. The molecule has 0 aliphatic carbocycles. The number of phenolic OH excluding ortho intramolecular Hbond substituents is 3. The summed E-state index contributed by atoms with van der Waals surface area (Å²) in [6.07, 6.45) is 1.13. The van der Waals surface area contributed by atoms with Crippen molar-refractivity contribution in [3.05, 3.63) is 56.9 Å². The molecule has 24 heavy (non-hydrogen) atoms. The molecule has 1 heterocycles. The topological polar surface area (TPSA) is 103 Å². The Bertz CT molecular complexity index is 1040. The highest BCUT2D eigenvalue weighted by Crippen LogP contribution is 2.36. The number of aryl methyl sites for hydroxylation is 1. The van der Waals surface area contributed by atoms with E-state index in [0.717, 1.165) is 6.21 Å². The summed E-state index contributed by atoms with van der Waals surface area (Å²) in [5.41, 5.74) is -0.292. The van der Waals surface area contributed by atoms with Crippen molar-refractivity contribution >= 4 is 34.5 Å². The maximum atomic E-state index is 12.1. The van der Waals surface area contributed by atoms with Gasteiger partial charge in [-0.2, -0.15) is 0 Å². The van der Waals surface area contributed by atoms with Gasteiger partial charge in [0, 0.05) is 18.3 Å². The zero-order valence-electron chi connectivity index (χ0n) is 12.4. The molecule has 1 aromatic heterocycles. The predicted octanol–water partition coefficient (Wildman–Crippen LogP) is 3.62. The smallest absolute Gasteiger partial charge is 0.196 e. The molecule has 0 unspecified atom stereocenters. The highest BCUT2D eigenvalue weighted by Gasteiger charge is 2.16. The molecule has 0 atom stereocenters. The van der Waals surface area contributed by atoms with Gasteiger partial charge in [-0.05, 0) is 19.1 Å². The number of hydrogen-bond donors (Lipinski definition) is 3. The van der Waals surface area contributed by atoms with Crippen molar-refractivity contribution in [3.8, 4) is 17.2 Å². The highest BCUT2D eigenvalue weighted by molar-refractivity contribution is 6.32. The van der Waals surface area contributed by atoms with E-state index in [4.69, 9.17) is 16.0 Å². The van der Waals surface area contributed by atoms with Gasteiger partial charge in [-0.1, -0.05) is 17.7 Å². The average Bonchev–Trinajstić information content (AvgIpc) is 2.50. The fourth-order valence-corrected chi connectivity index (χ4v) is 2.46. The Labute approximate surface area is 140 Å².